The number of aryl methyl sites for hydroxylation is 1. The smallest absolute Gasteiger partial charge is 0.0958 e. The van der Waals surface area contributed by atoms with E-state index in [4.69, 9.17) is 11.6 Å². The zero-order chi connectivity index (χ0) is 11.5. The molecule has 1 aromatic carbocycles. The first-order chi connectivity index (χ1) is 7.66. The monoisotopic (exact) mass is 237 g/mol. The molecule has 2 aromatic rings. The SMILES string of the molecule is CN(C)CCCn1cnc2ccc(Cl)cc21. The maximum Gasteiger partial charge on any atom is 0.0958 e. The fraction of sp³-hybridized carbons (Fsp3) is 0.417. The van der Waals surface area contributed by atoms with Gasteiger partial charge in [-0.05, 0) is 45.3 Å². The van der Waals surface area contributed by atoms with Gasteiger partial charge in [-0.3, -0.25) is 0 Å². The highest BCUT2D eigenvalue weighted by Gasteiger charge is 2.02. The van der Waals surface area contributed by atoms with Crippen molar-refractivity contribution >= 4 is 22.6 Å². The van der Waals surface area contributed by atoms with Gasteiger partial charge < -0.3 is 9.47 Å². The molecule has 16 heavy (non-hydrogen) atoms. The summed E-state index contributed by atoms with van der Waals surface area (Å²) in [5.74, 6) is 0. The normalized spacial score (nSPS) is 11.5. The van der Waals surface area contributed by atoms with Gasteiger partial charge in [-0.25, -0.2) is 4.98 Å². The van der Waals surface area contributed by atoms with E-state index < -0.39 is 0 Å². The lowest BCUT2D eigenvalue weighted by molar-refractivity contribution is 0.387. The summed E-state index contributed by atoms with van der Waals surface area (Å²) in [7, 11) is 4.17. The van der Waals surface area contributed by atoms with Crippen LogP contribution >= 0.6 is 11.6 Å². The van der Waals surface area contributed by atoms with Crippen LogP contribution in [0.25, 0.3) is 11.0 Å². The van der Waals surface area contributed by atoms with Gasteiger partial charge in [-0.15, -0.1) is 0 Å². The molecule has 3 nitrogen and oxygen atoms in total. The summed E-state index contributed by atoms with van der Waals surface area (Å²) >= 11 is 5.98. The summed E-state index contributed by atoms with van der Waals surface area (Å²) < 4.78 is 2.16. The second-order valence-electron chi connectivity index (χ2n) is 4.23. The highest BCUT2D eigenvalue weighted by molar-refractivity contribution is 6.31. The van der Waals surface area contributed by atoms with Crippen molar-refractivity contribution in [3.05, 3.63) is 29.5 Å². The molecule has 0 saturated carbocycles. The Morgan fingerprint density at radius 2 is 2.19 bits per heavy atom. The molecular weight excluding hydrogens is 222 g/mol. The van der Waals surface area contributed by atoms with Gasteiger partial charge in [0.2, 0.25) is 0 Å². The maximum atomic E-state index is 5.98. The minimum absolute atomic E-state index is 0.766. The van der Waals surface area contributed by atoms with Crippen molar-refractivity contribution in [3.63, 3.8) is 0 Å². The maximum absolute atomic E-state index is 5.98. The van der Waals surface area contributed by atoms with Crippen molar-refractivity contribution < 1.29 is 0 Å². The Morgan fingerprint density at radius 1 is 1.38 bits per heavy atom. The average Bonchev–Trinajstić information content (AvgIpc) is 2.60. The first-order valence-corrected chi connectivity index (χ1v) is 5.80. The summed E-state index contributed by atoms with van der Waals surface area (Å²) in [4.78, 5) is 6.53. The second-order valence-corrected chi connectivity index (χ2v) is 4.66. The molecule has 4 heteroatoms. The van der Waals surface area contributed by atoms with Gasteiger partial charge in [0.15, 0.2) is 0 Å². The summed E-state index contributed by atoms with van der Waals surface area (Å²) in [6.07, 6.45) is 3.00. The summed E-state index contributed by atoms with van der Waals surface area (Å²) in [6, 6.07) is 5.81. The average molecular weight is 238 g/mol. The number of fused-ring (bicyclic) bond motifs is 1. The number of halogens is 1. The Kier molecular flexibility index (Phi) is 3.46. The number of hydrogen-bond acceptors (Lipinski definition) is 2. The lowest BCUT2D eigenvalue weighted by atomic mass is 10.3. The highest BCUT2D eigenvalue weighted by atomic mass is 35.5. The Morgan fingerprint density at radius 3 is 2.94 bits per heavy atom. The molecule has 1 aromatic heterocycles. The molecule has 0 saturated heterocycles. The van der Waals surface area contributed by atoms with Crippen molar-refractivity contribution in [3.8, 4) is 0 Å². The van der Waals surface area contributed by atoms with Gasteiger partial charge in [0, 0.05) is 11.6 Å². The molecule has 0 unspecified atom stereocenters. The van der Waals surface area contributed by atoms with E-state index in [0.29, 0.717) is 0 Å². The lowest BCUT2D eigenvalue weighted by Crippen LogP contribution is -2.14. The van der Waals surface area contributed by atoms with E-state index in [0.717, 1.165) is 35.6 Å². The quantitative estimate of drug-likeness (QED) is 0.815. The van der Waals surface area contributed by atoms with Gasteiger partial charge in [-0.1, -0.05) is 11.6 Å². The van der Waals surface area contributed by atoms with Crippen LogP contribution in [0.1, 0.15) is 6.42 Å². The Hall–Kier alpha value is -1.06. The van der Waals surface area contributed by atoms with Gasteiger partial charge in [0.1, 0.15) is 0 Å². The Labute approximate surface area is 101 Å². The minimum Gasteiger partial charge on any atom is -0.331 e. The van der Waals surface area contributed by atoms with Gasteiger partial charge in [-0.2, -0.15) is 0 Å². The summed E-state index contributed by atoms with van der Waals surface area (Å²) in [5, 5.41) is 0.766. The molecule has 0 bridgehead atoms. The molecule has 0 aliphatic carbocycles. The van der Waals surface area contributed by atoms with Gasteiger partial charge in [0.05, 0.1) is 17.4 Å². The number of imidazole rings is 1. The van der Waals surface area contributed by atoms with E-state index in [1.165, 1.54) is 0 Å². The van der Waals surface area contributed by atoms with Crippen LogP contribution in [0.3, 0.4) is 0 Å². The number of nitrogens with zero attached hydrogens (tertiary/aromatic N) is 3. The number of rotatable bonds is 4. The molecule has 0 amide bonds. The van der Waals surface area contributed by atoms with Crippen LogP contribution in [-0.2, 0) is 6.54 Å². The standard InChI is InChI=1S/C12H16ClN3/c1-15(2)6-3-7-16-9-14-11-5-4-10(13)8-12(11)16/h4-5,8-9H,3,6-7H2,1-2H3. The Bertz CT molecular complexity index is 476. The lowest BCUT2D eigenvalue weighted by Gasteiger charge is -2.09. The molecule has 86 valence electrons. The molecule has 0 aliphatic rings. The van der Waals surface area contributed by atoms with Crippen molar-refractivity contribution in [2.45, 2.75) is 13.0 Å². The van der Waals surface area contributed by atoms with Crippen molar-refractivity contribution in [2.24, 2.45) is 0 Å². The van der Waals surface area contributed by atoms with E-state index in [2.05, 4.69) is 28.5 Å². The summed E-state index contributed by atoms with van der Waals surface area (Å²) in [6.45, 7) is 2.06. The third kappa shape index (κ3) is 2.54. The van der Waals surface area contributed by atoms with E-state index in [1.54, 1.807) is 0 Å². The van der Waals surface area contributed by atoms with Crippen LogP contribution in [0.4, 0.5) is 0 Å². The zero-order valence-corrected chi connectivity index (χ0v) is 10.4. The van der Waals surface area contributed by atoms with E-state index >= 15 is 0 Å². The van der Waals surface area contributed by atoms with Gasteiger partial charge >= 0.3 is 0 Å². The van der Waals surface area contributed by atoms with Crippen LogP contribution in [0.15, 0.2) is 24.5 Å². The molecule has 2 rings (SSSR count). The van der Waals surface area contributed by atoms with E-state index in [9.17, 15) is 0 Å². The van der Waals surface area contributed by atoms with Crippen molar-refractivity contribution in [1.29, 1.82) is 0 Å². The topological polar surface area (TPSA) is 21.1 Å². The predicted molar refractivity (Wildman–Crippen MR) is 67.9 cm³/mol. The molecule has 0 N–H and O–H groups in total. The number of benzene rings is 1. The highest BCUT2D eigenvalue weighted by Crippen LogP contribution is 2.18. The van der Waals surface area contributed by atoms with Gasteiger partial charge in [0.25, 0.3) is 0 Å². The first-order valence-electron chi connectivity index (χ1n) is 5.42. The zero-order valence-electron chi connectivity index (χ0n) is 9.65. The second kappa shape index (κ2) is 4.85. The third-order valence-electron chi connectivity index (χ3n) is 2.59. The fourth-order valence-corrected chi connectivity index (χ4v) is 1.93. The molecule has 1 heterocycles. The Balaban J connectivity index is 2.15. The molecule has 0 aliphatic heterocycles. The number of aromatic nitrogens is 2. The number of hydrogen-bond donors (Lipinski definition) is 0. The third-order valence-corrected chi connectivity index (χ3v) is 2.82. The molecule has 0 radical (unpaired) electrons. The minimum atomic E-state index is 0.766. The first kappa shape index (κ1) is 11.4. The van der Waals surface area contributed by atoms with Crippen LogP contribution in [0.5, 0.6) is 0 Å². The van der Waals surface area contributed by atoms with Crippen LogP contribution in [-0.4, -0.2) is 35.1 Å². The molecule has 0 atom stereocenters. The molecule has 0 fully saturated rings. The van der Waals surface area contributed by atoms with Crippen LogP contribution in [0.2, 0.25) is 5.02 Å². The largest absolute Gasteiger partial charge is 0.331 e. The molecule has 0 spiro atoms. The van der Waals surface area contributed by atoms with Crippen LogP contribution in [0, 0.1) is 0 Å². The predicted octanol–water partition coefficient (Wildman–Crippen LogP) is 2.64. The van der Waals surface area contributed by atoms with E-state index in [-0.39, 0.29) is 0 Å². The fourth-order valence-electron chi connectivity index (χ4n) is 1.77. The van der Waals surface area contributed by atoms with Crippen molar-refractivity contribution in [1.82, 2.24) is 14.5 Å². The van der Waals surface area contributed by atoms with E-state index in [1.807, 2.05) is 24.5 Å². The van der Waals surface area contributed by atoms with Crippen LogP contribution < -0.4 is 0 Å². The van der Waals surface area contributed by atoms with Crippen molar-refractivity contribution in [2.75, 3.05) is 20.6 Å². The summed E-state index contributed by atoms with van der Waals surface area (Å²) in [5.41, 5.74) is 2.13. The molecular formula is C12H16ClN3.